The van der Waals surface area contributed by atoms with E-state index in [-0.39, 0.29) is 0 Å². The van der Waals surface area contributed by atoms with Crippen LogP contribution < -0.4 is 5.32 Å². The molecular weight excluding hydrogens is 194 g/mol. The summed E-state index contributed by atoms with van der Waals surface area (Å²) in [5.74, 6) is 1.79. The monoisotopic (exact) mass is 225 g/mol. The molecule has 0 heterocycles. The Bertz CT molecular complexity index is 184. The van der Waals surface area contributed by atoms with E-state index in [1.165, 1.54) is 38.5 Å². The maximum absolute atomic E-state index is 3.60. The van der Waals surface area contributed by atoms with Crippen LogP contribution >= 0.6 is 0 Å². The van der Waals surface area contributed by atoms with E-state index in [1.807, 2.05) is 0 Å². The summed E-state index contributed by atoms with van der Waals surface area (Å²) >= 11 is 0. The van der Waals surface area contributed by atoms with Gasteiger partial charge in [-0.1, -0.05) is 40.5 Å². The average Bonchev–Trinajstić information content (AvgIpc) is 2.26. The van der Waals surface area contributed by atoms with E-state index in [0.717, 1.165) is 17.9 Å². The Labute approximate surface area is 102 Å². The second-order valence-corrected chi connectivity index (χ2v) is 6.39. The zero-order valence-corrected chi connectivity index (χ0v) is 12.0. The summed E-state index contributed by atoms with van der Waals surface area (Å²) in [6.45, 7) is 9.53. The van der Waals surface area contributed by atoms with Gasteiger partial charge in [-0.2, -0.15) is 0 Å². The lowest BCUT2D eigenvalue weighted by atomic mass is 9.69. The van der Waals surface area contributed by atoms with Crippen molar-refractivity contribution in [3.63, 3.8) is 0 Å². The summed E-state index contributed by atoms with van der Waals surface area (Å²) in [5, 5.41) is 3.60. The van der Waals surface area contributed by atoms with Crippen molar-refractivity contribution < 1.29 is 0 Å². The lowest BCUT2D eigenvalue weighted by Gasteiger charge is -2.40. The van der Waals surface area contributed by atoms with Gasteiger partial charge in [-0.3, -0.25) is 0 Å². The van der Waals surface area contributed by atoms with Gasteiger partial charge in [0.1, 0.15) is 0 Å². The molecule has 0 radical (unpaired) electrons. The van der Waals surface area contributed by atoms with Crippen molar-refractivity contribution in [2.24, 2.45) is 17.3 Å². The van der Waals surface area contributed by atoms with Crippen LogP contribution in [0.25, 0.3) is 0 Å². The second-order valence-electron chi connectivity index (χ2n) is 6.39. The van der Waals surface area contributed by atoms with Crippen LogP contribution in [0, 0.1) is 17.3 Å². The van der Waals surface area contributed by atoms with Crippen LogP contribution in [0.5, 0.6) is 0 Å². The quantitative estimate of drug-likeness (QED) is 0.738. The van der Waals surface area contributed by atoms with Gasteiger partial charge in [-0.25, -0.2) is 0 Å². The molecule has 16 heavy (non-hydrogen) atoms. The van der Waals surface area contributed by atoms with Crippen LogP contribution in [0.15, 0.2) is 0 Å². The SMILES string of the molecule is CCC(CC)C(NC)C1CCC(C)(C)CC1. The zero-order chi connectivity index (χ0) is 12.2. The fraction of sp³-hybridized carbons (Fsp3) is 1.00. The normalized spacial score (nSPS) is 23.6. The molecule has 0 aromatic carbocycles. The molecule has 0 aliphatic heterocycles. The third kappa shape index (κ3) is 3.48. The van der Waals surface area contributed by atoms with E-state index in [4.69, 9.17) is 0 Å². The molecule has 96 valence electrons. The molecule has 0 amide bonds. The van der Waals surface area contributed by atoms with Gasteiger partial charge < -0.3 is 5.32 Å². The molecule has 1 rings (SSSR count). The number of nitrogens with one attached hydrogen (secondary N) is 1. The van der Waals surface area contributed by atoms with Crippen LogP contribution in [0.1, 0.15) is 66.2 Å². The van der Waals surface area contributed by atoms with Gasteiger partial charge in [0.2, 0.25) is 0 Å². The highest BCUT2D eigenvalue weighted by atomic mass is 14.9. The largest absolute Gasteiger partial charge is 0.316 e. The Morgan fingerprint density at radius 2 is 1.62 bits per heavy atom. The third-order valence-electron chi connectivity index (χ3n) is 4.78. The van der Waals surface area contributed by atoms with E-state index < -0.39 is 0 Å². The van der Waals surface area contributed by atoms with Crippen molar-refractivity contribution >= 4 is 0 Å². The van der Waals surface area contributed by atoms with E-state index in [1.54, 1.807) is 0 Å². The molecule has 0 bridgehead atoms. The molecule has 0 aromatic heterocycles. The van der Waals surface area contributed by atoms with Crippen LogP contribution in [0.3, 0.4) is 0 Å². The second kappa shape index (κ2) is 6.05. The van der Waals surface area contributed by atoms with E-state index in [0.29, 0.717) is 5.41 Å². The summed E-state index contributed by atoms with van der Waals surface area (Å²) in [6.07, 6.45) is 8.32. The average molecular weight is 225 g/mol. The van der Waals surface area contributed by atoms with Gasteiger partial charge in [0.25, 0.3) is 0 Å². The van der Waals surface area contributed by atoms with Gasteiger partial charge in [-0.05, 0) is 50.0 Å². The summed E-state index contributed by atoms with van der Waals surface area (Å²) < 4.78 is 0. The maximum atomic E-state index is 3.60. The van der Waals surface area contributed by atoms with Gasteiger partial charge in [0.15, 0.2) is 0 Å². The zero-order valence-electron chi connectivity index (χ0n) is 12.0. The van der Waals surface area contributed by atoms with Crippen molar-refractivity contribution in [1.29, 1.82) is 0 Å². The summed E-state index contributed by atoms with van der Waals surface area (Å²) in [5.41, 5.74) is 0.600. The van der Waals surface area contributed by atoms with Crippen molar-refractivity contribution in [2.75, 3.05) is 7.05 Å². The predicted molar refractivity (Wildman–Crippen MR) is 72.7 cm³/mol. The van der Waals surface area contributed by atoms with Crippen LogP contribution in [0.4, 0.5) is 0 Å². The molecule has 1 N–H and O–H groups in total. The molecule has 1 heteroatoms. The topological polar surface area (TPSA) is 12.0 Å². The Morgan fingerprint density at radius 3 is 2.00 bits per heavy atom. The van der Waals surface area contributed by atoms with Crippen molar-refractivity contribution in [3.8, 4) is 0 Å². The van der Waals surface area contributed by atoms with E-state index in [9.17, 15) is 0 Å². The van der Waals surface area contributed by atoms with Crippen LogP contribution in [-0.4, -0.2) is 13.1 Å². The molecule has 1 aliphatic carbocycles. The van der Waals surface area contributed by atoms with Crippen LogP contribution in [0.2, 0.25) is 0 Å². The third-order valence-corrected chi connectivity index (χ3v) is 4.78. The highest BCUT2D eigenvalue weighted by molar-refractivity contribution is 4.87. The van der Waals surface area contributed by atoms with Crippen LogP contribution in [-0.2, 0) is 0 Å². The molecule has 1 fully saturated rings. The molecule has 1 saturated carbocycles. The lowest BCUT2D eigenvalue weighted by Crippen LogP contribution is -2.42. The first-order valence-corrected chi connectivity index (χ1v) is 7.21. The van der Waals surface area contributed by atoms with E-state index in [2.05, 4.69) is 40.1 Å². The molecule has 0 saturated heterocycles. The van der Waals surface area contributed by atoms with Crippen molar-refractivity contribution in [3.05, 3.63) is 0 Å². The van der Waals surface area contributed by atoms with Gasteiger partial charge in [0, 0.05) is 6.04 Å². The molecule has 1 nitrogen and oxygen atoms in total. The molecular formula is C15H31N. The maximum Gasteiger partial charge on any atom is 0.0120 e. The minimum absolute atomic E-state index is 0.600. The molecule has 0 aromatic rings. The Hall–Kier alpha value is -0.0400. The first-order chi connectivity index (χ1) is 7.54. The van der Waals surface area contributed by atoms with E-state index >= 15 is 0 Å². The first kappa shape index (κ1) is 14.0. The molecule has 1 atom stereocenters. The van der Waals surface area contributed by atoms with Gasteiger partial charge in [0.05, 0.1) is 0 Å². The minimum Gasteiger partial charge on any atom is -0.316 e. The molecule has 1 unspecified atom stereocenters. The van der Waals surface area contributed by atoms with Gasteiger partial charge in [-0.15, -0.1) is 0 Å². The standard InChI is InChI=1S/C15H31N/c1-6-12(7-2)14(16-5)13-8-10-15(3,4)11-9-13/h12-14,16H,6-11H2,1-5H3. The highest BCUT2D eigenvalue weighted by Crippen LogP contribution is 2.40. The smallest absolute Gasteiger partial charge is 0.0120 e. The fourth-order valence-electron chi connectivity index (χ4n) is 3.43. The number of hydrogen-bond acceptors (Lipinski definition) is 1. The predicted octanol–water partition coefficient (Wildman–Crippen LogP) is 4.23. The van der Waals surface area contributed by atoms with Gasteiger partial charge >= 0.3 is 0 Å². The highest BCUT2D eigenvalue weighted by Gasteiger charge is 2.33. The molecule has 1 aliphatic rings. The first-order valence-electron chi connectivity index (χ1n) is 7.21. The summed E-state index contributed by atoms with van der Waals surface area (Å²) in [6, 6.07) is 0.756. The minimum atomic E-state index is 0.600. The summed E-state index contributed by atoms with van der Waals surface area (Å²) in [7, 11) is 2.16. The number of hydrogen-bond donors (Lipinski definition) is 1. The molecule has 0 spiro atoms. The Morgan fingerprint density at radius 1 is 1.12 bits per heavy atom. The lowest BCUT2D eigenvalue weighted by molar-refractivity contribution is 0.136. The Balaban J connectivity index is 2.55. The van der Waals surface area contributed by atoms with Crippen molar-refractivity contribution in [2.45, 2.75) is 72.3 Å². The van der Waals surface area contributed by atoms with Crippen molar-refractivity contribution in [1.82, 2.24) is 5.32 Å². The summed E-state index contributed by atoms with van der Waals surface area (Å²) in [4.78, 5) is 0. The Kier molecular flexibility index (Phi) is 5.30. The number of rotatable bonds is 5. The fourth-order valence-corrected chi connectivity index (χ4v) is 3.43.